The first-order valence-corrected chi connectivity index (χ1v) is 8.16. The molecule has 0 radical (unpaired) electrons. The summed E-state index contributed by atoms with van der Waals surface area (Å²) in [7, 11) is 0. The standard InChI is InChI=1S/C16H23N5O3/c1-9(7-13-10(2)20-24-11(13)3)16(22)21-5-6-23-14(8-21)15-17-12(4)18-19-15/h9,14H,5-8H2,1-4H3,(H,17,18,19)/t9-,14+/m1/s1. The van der Waals surface area contributed by atoms with Gasteiger partial charge in [-0.2, -0.15) is 5.10 Å². The Kier molecular flexibility index (Phi) is 4.66. The number of hydrogen-bond acceptors (Lipinski definition) is 6. The first-order valence-electron chi connectivity index (χ1n) is 8.16. The molecule has 1 saturated heterocycles. The number of carbonyl (C=O) groups is 1. The first kappa shape index (κ1) is 16.6. The average Bonchev–Trinajstić information content (AvgIpc) is 3.15. The Hall–Kier alpha value is -2.22. The summed E-state index contributed by atoms with van der Waals surface area (Å²) in [5.74, 6) is 2.08. The molecule has 8 heteroatoms. The monoisotopic (exact) mass is 333 g/mol. The number of H-pyrrole nitrogens is 1. The number of carbonyl (C=O) groups excluding carboxylic acids is 1. The topological polar surface area (TPSA) is 97.1 Å². The first-order chi connectivity index (χ1) is 11.5. The van der Waals surface area contributed by atoms with E-state index in [1.54, 1.807) is 0 Å². The largest absolute Gasteiger partial charge is 0.366 e. The van der Waals surface area contributed by atoms with Crippen molar-refractivity contribution >= 4 is 5.91 Å². The number of amides is 1. The number of ether oxygens (including phenoxy) is 1. The Labute approximate surface area is 140 Å². The fourth-order valence-corrected chi connectivity index (χ4v) is 3.01. The Morgan fingerprint density at radius 1 is 1.42 bits per heavy atom. The number of morpholine rings is 1. The van der Waals surface area contributed by atoms with Crippen molar-refractivity contribution in [2.45, 2.75) is 40.2 Å². The van der Waals surface area contributed by atoms with E-state index >= 15 is 0 Å². The molecule has 3 rings (SSSR count). The third kappa shape index (κ3) is 3.33. The Morgan fingerprint density at radius 2 is 2.21 bits per heavy atom. The normalized spacial score (nSPS) is 19.5. The van der Waals surface area contributed by atoms with Crippen molar-refractivity contribution in [3.8, 4) is 0 Å². The minimum Gasteiger partial charge on any atom is -0.366 e. The highest BCUT2D eigenvalue weighted by Crippen LogP contribution is 2.23. The lowest BCUT2D eigenvalue weighted by Gasteiger charge is -2.33. The van der Waals surface area contributed by atoms with Gasteiger partial charge < -0.3 is 14.2 Å². The molecule has 3 heterocycles. The van der Waals surface area contributed by atoms with Crippen molar-refractivity contribution in [1.29, 1.82) is 0 Å². The number of aromatic nitrogens is 4. The van der Waals surface area contributed by atoms with Crippen LogP contribution in [0, 0.1) is 26.7 Å². The molecule has 1 aliphatic heterocycles. The van der Waals surface area contributed by atoms with E-state index in [9.17, 15) is 4.79 Å². The van der Waals surface area contributed by atoms with Gasteiger partial charge in [0.2, 0.25) is 5.91 Å². The molecular weight excluding hydrogens is 310 g/mol. The Bertz CT molecular complexity index is 704. The summed E-state index contributed by atoms with van der Waals surface area (Å²) in [5.41, 5.74) is 1.87. The van der Waals surface area contributed by atoms with E-state index in [0.29, 0.717) is 31.9 Å². The van der Waals surface area contributed by atoms with Gasteiger partial charge in [-0.15, -0.1) is 0 Å². The quantitative estimate of drug-likeness (QED) is 0.910. The minimum atomic E-state index is -0.279. The molecule has 0 unspecified atom stereocenters. The number of hydrogen-bond donors (Lipinski definition) is 1. The highest BCUT2D eigenvalue weighted by molar-refractivity contribution is 5.79. The summed E-state index contributed by atoms with van der Waals surface area (Å²) in [6, 6.07) is 0. The van der Waals surface area contributed by atoms with E-state index in [2.05, 4.69) is 20.3 Å². The molecule has 2 atom stereocenters. The van der Waals surface area contributed by atoms with Gasteiger partial charge in [0.1, 0.15) is 17.7 Å². The number of aryl methyl sites for hydroxylation is 3. The lowest BCUT2D eigenvalue weighted by atomic mass is 9.98. The number of nitrogens with one attached hydrogen (secondary N) is 1. The van der Waals surface area contributed by atoms with Gasteiger partial charge in [-0.3, -0.25) is 9.89 Å². The van der Waals surface area contributed by atoms with Crippen molar-refractivity contribution < 1.29 is 14.1 Å². The molecule has 0 aromatic carbocycles. The summed E-state index contributed by atoms with van der Waals surface area (Å²) in [4.78, 5) is 18.9. The van der Waals surface area contributed by atoms with Crippen LogP contribution in [0.5, 0.6) is 0 Å². The number of aromatic amines is 1. The van der Waals surface area contributed by atoms with Crippen molar-refractivity contribution in [1.82, 2.24) is 25.2 Å². The van der Waals surface area contributed by atoms with Crippen LogP contribution in [0.1, 0.15) is 41.7 Å². The van der Waals surface area contributed by atoms with Gasteiger partial charge in [-0.1, -0.05) is 12.1 Å². The zero-order chi connectivity index (χ0) is 17.3. The number of nitrogens with zero attached hydrogens (tertiary/aromatic N) is 4. The van der Waals surface area contributed by atoms with Crippen molar-refractivity contribution in [3.05, 3.63) is 28.7 Å². The van der Waals surface area contributed by atoms with Crippen LogP contribution >= 0.6 is 0 Å². The Balaban J connectivity index is 1.65. The minimum absolute atomic E-state index is 0.107. The van der Waals surface area contributed by atoms with Gasteiger partial charge in [0.15, 0.2) is 5.82 Å². The summed E-state index contributed by atoms with van der Waals surface area (Å²) in [6.45, 7) is 9.11. The molecule has 1 amide bonds. The van der Waals surface area contributed by atoms with Gasteiger partial charge >= 0.3 is 0 Å². The highest BCUT2D eigenvalue weighted by atomic mass is 16.5. The van der Waals surface area contributed by atoms with Gasteiger partial charge in [0.25, 0.3) is 0 Å². The van der Waals surface area contributed by atoms with Gasteiger partial charge in [-0.25, -0.2) is 4.98 Å². The van der Waals surface area contributed by atoms with Crippen LogP contribution in [0.3, 0.4) is 0 Å². The smallest absolute Gasteiger partial charge is 0.225 e. The molecule has 0 aliphatic carbocycles. The molecule has 0 bridgehead atoms. The van der Waals surface area contributed by atoms with Crippen LogP contribution in [0.4, 0.5) is 0 Å². The molecule has 0 spiro atoms. The second kappa shape index (κ2) is 6.72. The predicted octanol–water partition coefficient (Wildman–Crippen LogP) is 1.50. The van der Waals surface area contributed by atoms with Crippen LogP contribution < -0.4 is 0 Å². The van der Waals surface area contributed by atoms with Gasteiger partial charge in [-0.05, 0) is 27.2 Å². The molecule has 130 valence electrons. The van der Waals surface area contributed by atoms with Crippen molar-refractivity contribution in [2.24, 2.45) is 5.92 Å². The second-order valence-corrected chi connectivity index (χ2v) is 6.33. The molecule has 2 aromatic heterocycles. The molecule has 8 nitrogen and oxygen atoms in total. The predicted molar refractivity (Wildman–Crippen MR) is 85.2 cm³/mol. The fourth-order valence-electron chi connectivity index (χ4n) is 3.01. The molecule has 24 heavy (non-hydrogen) atoms. The SMILES string of the molecule is Cc1nc([C@@H]2CN(C(=O)[C@H](C)Cc3c(C)noc3C)CCO2)n[nH]1. The zero-order valence-corrected chi connectivity index (χ0v) is 14.5. The lowest BCUT2D eigenvalue weighted by Crippen LogP contribution is -2.45. The molecule has 0 saturated carbocycles. The maximum Gasteiger partial charge on any atom is 0.225 e. The van der Waals surface area contributed by atoms with Crippen molar-refractivity contribution in [2.75, 3.05) is 19.7 Å². The maximum atomic E-state index is 12.8. The van der Waals surface area contributed by atoms with E-state index in [-0.39, 0.29) is 17.9 Å². The van der Waals surface area contributed by atoms with E-state index in [0.717, 1.165) is 22.8 Å². The van der Waals surface area contributed by atoms with E-state index in [1.165, 1.54) is 0 Å². The van der Waals surface area contributed by atoms with Gasteiger partial charge in [0, 0.05) is 18.0 Å². The van der Waals surface area contributed by atoms with Gasteiger partial charge in [0.05, 0.1) is 18.8 Å². The molecule has 1 aliphatic rings. The zero-order valence-electron chi connectivity index (χ0n) is 14.5. The molecule has 1 fully saturated rings. The van der Waals surface area contributed by atoms with Crippen LogP contribution in [0.15, 0.2) is 4.52 Å². The third-order valence-corrected chi connectivity index (χ3v) is 4.39. The van der Waals surface area contributed by atoms with E-state index in [4.69, 9.17) is 9.26 Å². The van der Waals surface area contributed by atoms with Crippen molar-refractivity contribution in [3.63, 3.8) is 0 Å². The number of rotatable bonds is 4. The molecule has 2 aromatic rings. The Morgan fingerprint density at radius 3 is 2.83 bits per heavy atom. The summed E-state index contributed by atoms with van der Waals surface area (Å²) < 4.78 is 10.9. The lowest BCUT2D eigenvalue weighted by molar-refractivity contribution is -0.143. The fraction of sp³-hybridized carbons (Fsp3) is 0.625. The third-order valence-electron chi connectivity index (χ3n) is 4.39. The summed E-state index contributed by atoms with van der Waals surface area (Å²) in [6.07, 6.45) is 0.348. The van der Waals surface area contributed by atoms with Crippen LogP contribution in [0.25, 0.3) is 0 Å². The second-order valence-electron chi connectivity index (χ2n) is 6.33. The highest BCUT2D eigenvalue weighted by Gasteiger charge is 2.30. The average molecular weight is 333 g/mol. The van der Waals surface area contributed by atoms with Crippen LogP contribution in [-0.4, -0.2) is 50.8 Å². The van der Waals surface area contributed by atoms with E-state index < -0.39 is 0 Å². The summed E-state index contributed by atoms with van der Waals surface area (Å²) in [5, 5.41) is 10.9. The molecule has 1 N–H and O–H groups in total. The van der Waals surface area contributed by atoms with Crippen LogP contribution in [-0.2, 0) is 16.0 Å². The summed E-state index contributed by atoms with van der Waals surface area (Å²) >= 11 is 0. The maximum absolute atomic E-state index is 12.8. The van der Waals surface area contributed by atoms with Crippen LogP contribution in [0.2, 0.25) is 0 Å². The molecular formula is C16H23N5O3. The van der Waals surface area contributed by atoms with E-state index in [1.807, 2.05) is 32.6 Å².